The quantitative estimate of drug-likeness (QED) is 0.295. The summed E-state index contributed by atoms with van der Waals surface area (Å²) in [6.07, 6.45) is 2.34. The molecule has 1 aliphatic rings. The summed E-state index contributed by atoms with van der Waals surface area (Å²) in [7, 11) is 2.15. The van der Waals surface area contributed by atoms with Crippen molar-refractivity contribution in [1.29, 1.82) is 0 Å². The highest BCUT2D eigenvalue weighted by molar-refractivity contribution is 6.31. The SMILES string of the molecule is CC(C)[C@@H](NC(=O)c1ccc2[nH]nc(-c3ccc(OC4CCN(C)CC4)cc3)c2c1)c1ccccc1Cl. The van der Waals surface area contributed by atoms with E-state index in [1.807, 2.05) is 66.7 Å². The van der Waals surface area contributed by atoms with E-state index < -0.39 is 0 Å². The molecule has 2 heterocycles. The van der Waals surface area contributed by atoms with Crippen molar-refractivity contribution in [3.05, 3.63) is 82.9 Å². The molecular weight excluding hydrogens is 484 g/mol. The first-order chi connectivity index (χ1) is 17.9. The molecule has 0 radical (unpaired) electrons. The molecule has 1 fully saturated rings. The molecule has 0 unspecified atom stereocenters. The van der Waals surface area contributed by atoms with Gasteiger partial charge >= 0.3 is 0 Å². The van der Waals surface area contributed by atoms with Crippen LogP contribution in [-0.2, 0) is 0 Å². The molecule has 0 bridgehead atoms. The van der Waals surface area contributed by atoms with Gasteiger partial charge in [0.2, 0.25) is 0 Å². The van der Waals surface area contributed by atoms with Crippen molar-refractivity contribution in [1.82, 2.24) is 20.4 Å². The molecule has 5 rings (SSSR count). The van der Waals surface area contributed by atoms with E-state index in [0.29, 0.717) is 10.6 Å². The van der Waals surface area contributed by atoms with Gasteiger partial charge in [-0.2, -0.15) is 5.10 Å². The van der Waals surface area contributed by atoms with E-state index in [1.54, 1.807) is 0 Å². The van der Waals surface area contributed by atoms with Crippen LogP contribution in [0.15, 0.2) is 66.7 Å². The molecule has 2 N–H and O–H groups in total. The van der Waals surface area contributed by atoms with Gasteiger partial charge in [-0.1, -0.05) is 43.6 Å². The van der Waals surface area contributed by atoms with E-state index in [2.05, 4.69) is 41.3 Å². The number of aromatic nitrogens is 2. The normalized spacial score (nSPS) is 15.7. The lowest BCUT2D eigenvalue weighted by Gasteiger charge is -2.29. The van der Waals surface area contributed by atoms with Crippen LogP contribution >= 0.6 is 11.6 Å². The highest BCUT2D eigenvalue weighted by Gasteiger charge is 2.22. The molecule has 0 saturated carbocycles. The Hall–Kier alpha value is -3.35. The number of fused-ring (bicyclic) bond motifs is 1. The second-order valence-corrected chi connectivity index (χ2v) is 10.6. The van der Waals surface area contributed by atoms with Crippen LogP contribution in [0.2, 0.25) is 5.02 Å². The van der Waals surface area contributed by atoms with Gasteiger partial charge in [0, 0.05) is 34.6 Å². The number of carbonyl (C=O) groups is 1. The fourth-order valence-electron chi connectivity index (χ4n) is 4.92. The van der Waals surface area contributed by atoms with Crippen LogP contribution in [-0.4, -0.2) is 47.2 Å². The monoisotopic (exact) mass is 516 g/mol. The van der Waals surface area contributed by atoms with E-state index in [9.17, 15) is 4.79 Å². The molecular formula is C30H33ClN4O2. The smallest absolute Gasteiger partial charge is 0.251 e. The van der Waals surface area contributed by atoms with E-state index in [-0.39, 0.29) is 24.0 Å². The second kappa shape index (κ2) is 11.0. The number of H-pyrrole nitrogens is 1. The van der Waals surface area contributed by atoms with Crippen molar-refractivity contribution in [3.63, 3.8) is 0 Å². The number of nitrogens with one attached hydrogen (secondary N) is 2. The van der Waals surface area contributed by atoms with Gasteiger partial charge in [0.1, 0.15) is 11.9 Å². The standard InChI is InChI=1S/C30H33ClN4O2/c1-19(2)28(24-6-4-5-7-26(24)31)32-30(36)21-10-13-27-25(18-21)29(34-33-27)20-8-11-22(12-9-20)37-23-14-16-35(3)17-15-23/h4-13,18-19,23,28H,14-17H2,1-3H3,(H,32,36)(H,33,34)/t28-/m1/s1. The summed E-state index contributed by atoms with van der Waals surface area (Å²) in [5.41, 5.74) is 4.15. The van der Waals surface area contributed by atoms with Gasteiger partial charge in [-0.05, 0) is 79.9 Å². The number of piperidine rings is 1. The Morgan fingerprint density at radius 3 is 2.51 bits per heavy atom. The highest BCUT2D eigenvalue weighted by Crippen LogP contribution is 2.31. The summed E-state index contributed by atoms with van der Waals surface area (Å²) >= 11 is 6.44. The van der Waals surface area contributed by atoms with Crippen LogP contribution in [0.4, 0.5) is 0 Å². The van der Waals surface area contributed by atoms with Gasteiger partial charge < -0.3 is 15.0 Å². The first kappa shape index (κ1) is 25.3. The van der Waals surface area contributed by atoms with Crippen molar-refractivity contribution >= 4 is 28.4 Å². The van der Waals surface area contributed by atoms with Gasteiger partial charge in [-0.15, -0.1) is 0 Å². The summed E-state index contributed by atoms with van der Waals surface area (Å²) in [4.78, 5) is 15.6. The third kappa shape index (κ3) is 5.65. The average molecular weight is 517 g/mol. The highest BCUT2D eigenvalue weighted by atomic mass is 35.5. The van der Waals surface area contributed by atoms with Crippen LogP contribution in [0.1, 0.15) is 48.7 Å². The summed E-state index contributed by atoms with van der Waals surface area (Å²) in [6, 6.07) is 21.1. The fourth-order valence-corrected chi connectivity index (χ4v) is 5.17. The molecule has 1 aliphatic heterocycles. The minimum absolute atomic E-state index is 0.144. The molecule has 1 saturated heterocycles. The maximum Gasteiger partial charge on any atom is 0.251 e. The van der Waals surface area contributed by atoms with Crippen molar-refractivity contribution in [2.45, 2.75) is 38.8 Å². The van der Waals surface area contributed by atoms with Crippen LogP contribution in [0.3, 0.4) is 0 Å². The summed E-state index contributed by atoms with van der Waals surface area (Å²) in [5, 5.41) is 12.4. The number of hydrogen-bond acceptors (Lipinski definition) is 4. The molecule has 1 atom stereocenters. The second-order valence-electron chi connectivity index (χ2n) is 10.2. The lowest BCUT2D eigenvalue weighted by molar-refractivity contribution is 0.0925. The fraction of sp³-hybridized carbons (Fsp3) is 0.333. The number of aromatic amines is 1. The maximum atomic E-state index is 13.3. The molecule has 7 heteroatoms. The molecule has 6 nitrogen and oxygen atoms in total. The van der Waals surface area contributed by atoms with E-state index in [0.717, 1.165) is 59.4 Å². The molecule has 0 spiro atoms. The van der Waals surface area contributed by atoms with Crippen molar-refractivity contribution in [3.8, 4) is 17.0 Å². The van der Waals surface area contributed by atoms with Gasteiger partial charge in [-0.3, -0.25) is 9.89 Å². The molecule has 0 aliphatic carbocycles. The number of hydrogen-bond donors (Lipinski definition) is 2. The van der Waals surface area contributed by atoms with E-state index in [1.165, 1.54) is 0 Å². The Morgan fingerprint density at radius 2 is 1.81 bits per heavy atom. The Morgan fingerprint density at radius 1 is 1.08 bits per heavy atom. The zero-order valence-electron chi connectivity index (χ0n) is 21.5. The molecule has 192 valence electrons. The number of nitrogens with zero attached hydrogens (tertiary/aromatic N) is 2. The predicted octanol–water partition coefficient (Wildman–Crippen LogP) is 6.48. The van der Waals surface area contributed by atoms with Crippen molar-refractivity contribution < 1.29 is 9.53 Å². The number of ether oxygens (including phenoxy) is 1. The Kier molecular flexibility index (Phi) is 7.49. The Balaban J connectivity index is 1.35. The third-order valence-electron chi connectivity index (χ3n) is 7.11. The predicted molar refractivity (Wildman–Crippen MR) is 149 cm³/mol. The largest absolute Gasteiger partial charge is 0.490 e. The van der Waals surface area contributed by atoms with Crippen molar-refractivity contribution in [2.24, 2.45) is 5.92 Å². The Bertz CT molecular complexity index is 1370. The summed E-state index contributed by atoms with van der Waals surface area (Å²) in [5.74, 6) is 0.902. The molecule has 1 aromatic heterocycles. The topological polar surface area (TPSA) is 70.2 Å². The van der Waals surface area contributed by atoms with Crippen LogP contribution in [0.5, 0.6) is 5.75 Å². The lowest BCUT2D eigenvalue weighted by atomic mass is 9.95. The van der Waals surface area contributed by atoms with Crippen molar-refractivity contribution in [2.75, 3.05) is 20.1 Å². The lowest BCUT2D eigenvalue weighted by Crippen LogP contribution is -2.35. The van der Waals surface area contributed by atoms with E-state index in [4.69, 9.17) is 16.3 Å². The van der Waals surface area contributed by atoms with Gasteiger partial charge in [0.15, 0.2) is 0 Å². The van der Waals surface area contributed by atoms with Crippen LogP contribution < -0.4 is 10.1 Å². The first-order valence-corrected chi connectivity index (χ1v) is 13.3. The minimum atomic E-state index is -0.196. The van der Waals surface area contributed by atoms with Crippen LogP contribution in [0.25, 0.3) is 22.2 Å². The number of amides is 1. The van der Waals surface area contributed by atoms with Gasteiger partial charge in [0.05, 0.1) is 17.3 Å². The summed E-state index contributed by atoms with van der Waals surface area (Å²) < 4.78 is 6.20. The summed E-state index contributed by atoms with van der Waals surface area (Å²) in [6.45, 7) is 6.28. The van der Waals surface area contributed by atoms with Gasteiger partial charge in [-0.25, -0.2) is 0 Å². The number of halogens is 1. The Labute approximate surface area is 223 Å². The van der Waals surface area contributed by atoms with Crippen LogP contribution in [0, 0.1) is 5.92 Å². The number of carbonyl (C=O) groups excluding carboxylic acids is 1. The molecule has 3 aromatic carbocycles. The van der Waals surface area contributed by atoms with E-state index >= 15 is 0 Å². The first-order valence-electron chi connectivity index (χ1n) is 12.9. The zero-order valence-corrected chi connectivity index (χ0v) is 22.3. The molecule has 37 heavy (non-hydrogen) atoms. The third-order valence-corrected chi connectivity index (χ3v) is 7.46. The maximum absolute atomic E-state index is 13.3. The number of benzene rings is 3. The van der Waals surface area contributed by atoms with Gasteiger partial charge in [0.25, 0.3) is 5.91 Å². The minimum Gasteiger partial charge on any atom is -0.490 e. The molecule has 4 aromatic rings. The zero-order chi connectivity index (χ0) is 25.9. The number of rotatable bonds is 7. The number of likely N-dealkylation sites (tertiary alicyclic amines) is 1. The average Bonchev–Trinajstić information content (AvgIpc) is 3.33. The molecule has 1 amide bonds.